The summed E-state index contributed by atoms with van der Waals surface area (Å²) in [5, 5.41) is 0.687. The maximum Gasteiger partial charge on any atom is 0.137 e. The molecule has 0 N–H and O–H groups in total. The molecule has 0 saturated carbocycles. The van der Waals surface area contributed by atoms with Crippen LogP contribution in [-0.4, -0.2) is 6.61 Å². The first-order valence-corrected chi connectivity index (χ1v) is 9.64. The van der Waals surface area contributed by atoms with Crippen molar-refractivity contribution in [3.63, 3.8) is 0 Å². The van der Waals surface area contributed by atoms with E-state index in [1.54, 1.807) is 0 Å². The second-order valence-corrected chi connectivity index (χ2v) is 6.76. The SMILES string of the molecule is CCCCCCc1ccc(-c2ccc(OCCCC)c(Cl)c2)cc1. The Morgan fingerprint density at radius 1 is 0.792 bits per heavy atom. The van der Waals surface area contributed by atoms with E-state index in [1.165, 1.54) is 43.2 Å². The highest BCUT2D eigenvalue weighted by molar-refractivity contribution is 6.32. The molecule has 0 aliphatic rings. The van der Waals surface area contributed by atoms with Crippen molar-refractivity contribution in [2.45, 2.75) is 58.8 Å². The van der Waals surface area contributed by atoms with Gasteiger partial charge in [0.1, 0.15) is 5.75 Å². The number of unbranched alkanes of at least 4 members (excludes halogenated alkanes) is 4. The van der Waals surface area contributed by atoms with Crippen LogP contribution in [0.4, 0.5) is 0 Å². The van der Waals surface area contributed by atoms with Crippen molar-refractivity contribution in [2.75, 3.05) is 6.61 Å². The number of hydrogen-bond donors (Lipinski definition) is 0. The Labute approximate surface area is 152 Å². The van der Waals surface area contributed by atoms with Crippen molar-refractivity contribution in [1.29, 1.82) is 0 Å². The first-order chi connectivity index (χ1) is 11.7. The quantitative estimate of drug-likeness (QED) is 0.410. The number of aryl methyl sites for hydroxylation is 1. The number of hydrogen-bond acceptors (Lipinski definition) is 1. The van der Waals surface area contributed by atoms with Crippen molar-refractivity contribution < 1.29 is 4.74 Å². The third kappa shape index (κ3) is 5.87. The minimum absolute atomic E-state index is 0.687. The van der Waals surface area contributed by atoms with Gasteiger partial charge in [0.05, 0.1) is 11.6 Å². The van der Waals surface area contributed by atoms with Crippen LogP contribution in [0.2, 0.25) is 5.02 Å². The van der Waals surface area contributed by atoms with Crippen molar-refractivity contribution in [1.82, 2.24) is 0 Å². The second kappa shape index (κ2) is 10.4. The molecule has 0 aliphatic carbocycles. The third-order valence-corrected chi connectivity index (χ3v) is 4.59. The van der Waals surface area contributed by atoms with E-state index < -0.39 is 0 Å². The maximum absolute atomic E-state index is 6.36. The summed E-state index contributed by atoms with van der Waals surface area (Å²) in [6, 6.07) is 14.9. The van der Waals surface area contributed by atoms with Gasteiger partial charge in [-0.1, -0.05) is 81.5 Å². The predicted octanol–water partition coefficient (Wildman–Crippen LogP) is 7.31. The minimum atomic E-state index is 0.687. The van der Waals surface area contributed by atoms with Gasteiger partial charge in [-0.15, -0.1) is 0 Å². The summed E-state index contributed by atoms with van der Waals surface area (Å²) in [5.74, 6) is 0.779. The molecule has 2 heteroatoms. The predicted molar refractivity (Wildman–Crippen MR) is 105 cm³/mol. The lowest BCUT2D eigenvalue weighted by Gasteiger charge is -2.10. The second-order valence-electron chi connectivity index (χ2n) is 6.35. The van der Waals surface area contributed by atoms with Gasteiger partial charge in [-0.25, -0.2) is 0 Å². The van der Waals surface area contributed by atoms with Crippen molar-refractivity contribution in [3.8, 4) is 16.9 Å². The average molecular weight is 345 g/mol. The molecule has 2 aromatic rings. The summed E-state index contributed by atoms with van der Waals surface area (Å²) < 4.78 is 5.72. The molecule has 0 spiro atoms. The van der Waals surface area contributed by atoms with E-state index >= 15 is 0 Å². The Bertz CT molecular complexity index is 604. The van der Waals surface area contributed by atoms with E-state index in [9.17, 15) is 0 Å². The van der Waals surface area contributed by atoms with Crippen LogP contribution in [0.25, 0.3) is 11.1 Å². The van der Waals surface area contributed by atoms with Crippen LogP contribution in [0, 0.1) is 0 Å². The van der Waals surface area contributed by atoms with Crippen molar-refractivity contribution >= 4 is 11.6 Å². The zero-order chi connectivity index (χ0) is 17.2. The van der Waals surface area contributed by atoms with E-state index in [-0.39, 0.29) is 0 Å². The van der Waals surface area contributed by atoms with Gasteiger partial charge in [-0.05, 0) is 48.1 Å². The fourth-order valence-electron chi connectivity index (χ4n) is 2.74. The van der Waals surface area contributed by atoms with Gasteiger partial charge in [0.25, 0.3) is 0 Å². The fraction of sp³-hybridized carbons (Fsp3) is 0.455. The lowest BCUT2D eigenvalue weighted by molar-refractivity contribution is 0.309. The Kier molecular flexibility index (Phi) is 8.18. The molecule has 0 bridgehead atoms. The molecular weight excluding hydrogens is 316 g/mol. The molecule has 0 atom stereocenters. The van der Waals surface area contributed by atoms with E-state index in [0.717, 1.165) is 30.8 Å². The van der Waals surface area contributed by atoms with Gasteiger partial charge in [-0.3, -0.25) is 0 Å². The molecule has 0 aromatic heterocycles. The molecule has 0 amide bonds. The number of halogens is 1. The van der Waals surface area contributed by atoms with E-state index in [2.05, 4.69) is 44.2 Å². The molecule has 0 fully saturated rings. The van der Waals surface area contributed by atoms with Crippen molar-refractivity contribution in [3.05, 3.63) is 53.1 Å². The molecule has 2 aromatic carbocycles. The summed E-state index contributed by atoms with van der Waals surface area (Å²) in [5.41, 5.74) is 3.76. The number of benzene rings is 2. The monoisotopic (exact) mass is 344 g/mol. The molecule has 0 heterocycles. The number of rotatable bonds is 10. The van der Waals surface area contributed by atoms with Gasteiger partial charge >= 0.3 is 0 Å². The van der Waals surface area contributed by atoms with E-state index in [4.69, 9.17) is 16.3 Å². The molecule has 130 valence electrons. The number of ether oxygens (including phenoxy) is 1. The van der Waals surface area contributed by atoms with Crippen LogP contribution in [-0.2, 0) is 6.42 Å². The van der Waals surface area contributed by atoms with Crippen molar-refractivity contribution in [2.24, 2.45) is 0 Å². The summed E-state index contributed by atoms with van der Waals surface area (Å²) in [4.78, 5) is 0. The standard InChI is InChI=1S/C22H29ClO/c1-3-5-7-8-9-18-10-12-19(13-11-18)20-14-15-22(21(23)17-20)24-16-6-4-2/h10-15,17H,3-9,16H2,1-2H3. The molecule has 2 rings (SSSR count). The minimum Gasteiger partial charge on any atom is -0.492 e. The van der Waals surface area contributed by atoms with Gasteiger partial charge in [0, 0.05) is 0 Å². The highest BCUT2D eigenvalue weighted by Gasteiger charge is 2.05. The van der Waals surface area contributed by atoms with Crippen LogP contribution in [0.15, 0.2) is 42.5 Å². The van der Waals surface area contributed by atoms with E-state index in [0.29, 0.717) is 5.02 Å². The molecule has 0 saturated heterocycles. The molecule has 0 aliphatic heterocycles. The highest BCUT2D eigenvalue weighted by Crippen LogP contribution is 2.30. The zero-order valence-corrected chi connectivity index (χ0v) is 15.7. The maximum atomic E-state index is 6.36. The van der Waals surface area contributed by atoms with E-state index in [1.807, 2.05) is 12.1 Å². The highest BCUT2D eigenvalue weighted by atomic mass is 35.5. The molecular formula is C22H29ClO. The summed E-state index contributed by atoms with van der Waals surface area (Å²) >= 11 is 6.36. The normalized spacial score (nSPS) is 10.8. The Morgan fingerprint density at radius 2 is 1.50 bits per heavy atom. The lowest BCUT2D eigenvalue weighted by atomic mass is 10.0. The molecule has 0 unspecified atom stereocenters. The van der Waals surface area contributed by atoms with Crippen LogP contribution >= 0.6 is 11.6 Å². The first kappa shape index (κ1) is 18.9. The van der Waals surface area contributed by atoms with Crippen LogP contribution in [0.1, 0.15) is 57.9 Å². The van der Waals surface area contributed by atoms with Crippen LogP contribution in [0.3, 0.4) is 0 Å². The average Bonchev–Trinajstić information content (AvgIpc) is 2.61. The molecule has 1 nitrogen and oxygen atoms in total. The third-order valence-electron chi connectivity index (χ3n) is 4.29. The summed E-state index contributed by atoms with van der Waals surface area (Å²) in [6.07, 6.45) is 8.58. The fourth-order valence-corrected chi connectivity index (χ4v) is 2.98. The summed E-state index contributed by atoms with van der Waals surface area (Å²) in [6.45, 7) is 5.13. The van der Waals surface area contributed by atoms with Gasteiger partial charge in [0.2, 0.25) is 0 Å². The van der Waals surface area contributed by atoms with Crippen LogP contribution in [0.5, 0.6) is 5.75 Å². The topological polar surface area (TPSA) is 9.23 Å². The molecule has 0 radical (unpaired) electrons. The van der Waals surface area contributed by atoms with Gasteiger partial charge in [0.15, 0.2) is 0 Å². The Hall–Kier alpha value is -1.47. The lowest BCUT2D eigenvalue weighted by Crippen LogP contribution is -1.97. The smallest absolute Gasteiger partial charge is 0.137 e. The molecule has 24 heavy (non-hydrogen) atoms. The largest absolute Gasteiger partial charge is 0.492 e. The first-order valence-electron chi connectivity index (χ1n) is 9.26. The van der Waals surface area contributed by atoms with Gasteiger partial charge in [-0.2, -0.15) is 0 Å². The zero-order valence-electron chi connectivity index (χ0n) is 15.0. The Balaban J connectivity index is 1.97. The van der Waals surface area contributed by atoms with Crippen LogP contribution < -0.4 is 4.74 Å². The Morgan fingerprint density at radius 3 is 2.17 bits per heavy atom. The van der Waals surface area contributed by atoms with Gasteiger partial charge < -0.3 is 4.74 Å². The summed E-state index contributed by atoms with van der Waals surface area (Å²) in [7, 11) is 0.